The molecule has 2 rings (SSSR count). The zero-order chi connectivity index (χ0) is 13.7. The third-order valence-corrected chi connectivity index (χ3v) is 3.21. The number of aromatic nitrogens is 2. The molecule has 0 amide bonds. The van der Waals surface area contributed by atoms with Gasteiger partial charge in [-0.05, 0) is 30.5 Å². The average molecular weight is 256 g/mol. The van der Waals surface area contributed by atoms with Crippen molar-refractivity contribution in [3.05, 3.63) is 47.8 Å². The monoisotopic (exact) mass is 256 g/mol. The normalized spacial score (nSPS) is 12.4. The third-order valence-electron chi connectivity index (χ3n) is 3.21. The minimum Gasteiger partial charge on any atom is -0.377 e. The van der Waals surface area contributed by atoms with E-state index < -0.39 is 0 Å². The molecule has 0 N–H and O–H groups in total. The summed E-state index contributed by atoms with van der Waals surface area (Å²) in [6.45, 7) is 4.19. The number of aryl methyl sites for hydroxylation is 1. The SMILES string of the molecule is CCCc1cnc(-c2cccc([C@H](C)OC)c2)nc1. The number of hydrogen-bond acceptors (Lipinski definition) is 3. The molecule has 0 radical (unpaired) electrons. The van der Waals surface area contributed by atoms with Gasteiger partial charge in [0.15, 0.2) is 5.82 Å². The highest BCUT2D eigenvalue weighted by atomic mass is 16.5. The predicted octanol–water partition coefficient (Wildman–Crippen LogP) is 3.80. The maximum atomic E-state index is 5.34. The van der Waals surface area contributed by atoms with Gasteiger partial charge in [0.2, 0.25) is 0 Å². The molecule has 1 heterocycles. The number of nitrogens with zero attached hydrogens (tertiary/aromatic N) is 2. The zero-order valence-electron chi connectivity index (χ0n) is 11.8. The van der Waals surface area contributed by atoms with E-state index in [1.807, 2.05) is 31.5 Å². The standard InChI is InChI=1S/C16H20N2O/c1-4-6-13-10-17-16(18-11-13)15-8-5-7-14(9-15)12(2)19-3/h5,7-12H,4,6H2,1-3H3/t12-/m0/s1. The lowest BCUT2D eigenvalue weighted by Crippen LogP contribution is -1.97. The quantitative estimate of drug-likeness (QED) is 0.816. The van der Waals surface area contributed by atoms with Gasteiger partial charge in [-0.3, -0.25) is 0 Å². The van der Waals surface area contributed by atoms with Crippen molar-refractivity contribution < 1.29 is 4.74 Å². The van der Waals surface area contributed by atoms with Gasteiger partial charge in [-0.2, -0.15) is 0 Å². The second-order valence-corrected chi connectivity index (χ2v) is 4.67. The van der Waals surface area contributed by atoms with Crippen LogP contribution in [0.2, 0.25) is 0 Å². The fraction of sp³-hybridized carbons (Fsp3) is 0.375. The molecule has 19 heavy (non-hydrogen) atoms. The summed E-state index contributed by atoms with van der Waals surface area (Å²) < 4.78 is 5.34. The second-order valence-electron chi connectivity index (χ2n) is 4.67. The molecule has 3 nitrogen and oxygen atoms in total. The number of methoxy groups -OCH3 is 1. The van der Waals surface area contributed by atoms with Crippen molar-refractivity contribution in [3.8, 4) is 11.4 Å². The predicted molar refractivity (Wildman–Crippen MR) is 76.9 cm³/mol. The van der Waals surface area contributed by atoms with E-state index in [4.69, 9.17) is 4.74 Å². The molecule has 1 aromatic carbocycles. The van der Waals surface area contributed by atoms with E-state index in [-0.39, 0.29) is 6.10 Å². The molecule has 0 spiro atoms. The molecular formula is C16H20N2O. The lowest BCUT2D eigenvalue weighted by molar-refractivity contribution is 0.119. The van der Waals surface area contributed by atoms with Crippen LogP contribution >= 0.6 is 0 Å². The summed E-state index contributed by atoms with van der Waals surface area (Å²) in [6.07, 6.45) is 6.06. The first kappa shape index (κ1) is 13.7. The van der Waals surface area contributed by atoms with Crippen molar-refractivity contribution >= 4 is 0 Å². The van der Waals surface area contributed by atoms with Crippen molar-refractivity contribution in [1.29, 1.82) is 0 Å². The fourth-order valence-corrected chi connectivity index (χ4v) is 1.99. The van der Waals surface area contributed by atoms with Gasteiger partial charge in [0, 0.05) is 25.1 Å². The minimum atomic E-state index is 0.0827. The smallest absolute Gasteiger partial charge is 0.159 e. The highest BCUT2D eigenvalue weighted by Gasteiger charge is 2.07. The Bertz CT molecular complexity index is 523. The molecule has 1 atom stereocenters. The van der Waals surface area contributed by atoms with Crippen LogP contribution in [0.15, 0.2) is 36.7 Å². The zero-order valence-corrected chi connectivity index (χ0v) is 11.8. The highest BCUT2D eigenvalue weighted by Crippen LogP contribution is 2.22. The molecular weight excluding hydrogens is 236 g/mol. The summed E-state index contributed by atoms with van der Waals surface area (Å²) in [5, 5.41) is 0. The lowest BCUT2D eigenvalue weighted by Gasteiger charge is -2.11. The van der Waals surface area contributed by atoms with Crippen LogP contribution in [0.4, 0.5) is 0 Å². The molecule has 0 bridgehead atoms. The summed E-state index contributed by atoms with van der Waals surface area (Å²) in [6, 6.07) is 8.19. The molecule has 0 saturated carbocycles. The number of rotatable bonds is 5. The summed E-state index contributed by atoms with van der Waals surface area (Å²) in [5.41, 5.74) is 3.36. The molecule has 0 unspecified atom stereocenters. The highest BCUT2D eigenvalue weighted by molar-refractivity contribution is 5.56. The average Bonchev–Trinajstić information content (AvgIpc) is 2.48. The Kier molecular flexibility index (Phi) is 4.63. The van der Waals surface area contributed by atoms with Crippen LogP contribution in [0.5, 0.6) is 0 Å². The van der Waals surface area contributed by atoms with Gasteiger partial charge < -0.3 is 4.74 Å². The van der Waals surface area contributed by atoms with Crippen LogP contribution < -0.4 is 0 Å². The molecule has 3 heteroatoms. The summed E-state index contributed by atoms with van der Waals surface area (Å²) in [5.74, 6) is 0.769. The van der Waals surface area contributed by atoms with E-state index in [1.54, 1.807) is 7.11 Å². The fourth-order valence-electron chi connectivity index (χ4n) is 1.99. The van der Waals surface area contributed by atoms with Crippen molar-refractivity contribution in [3.63, 3.8) is 0 Å². The summed E-state index contributed by atoms with van der Waals surface area (Å²) >= 11 is 0. The van der Waals surface area contributed by atoms with Crippen LogP contribution in [-0.4, -0.2) is 17.1 Å². The van der Waals surface area contributed by atoms with E-state index in [0.29, 0.717) is 0 Å². The van der Waals surface area contributed by atoms with E-state index in [9.17, 15) is 0 Å². The van der Waals surface area contributed by atoms with Crippen molar-refractivity contribution in [2.45, 2.75) is 32.8 Å². The molecule has 2 aromatic rings. The molecule has 1 aromatic heterocycles. The summed E-state index contributed by atoms with van der Waals surface area (Å²) in [4.78, 5) is 8.88. The lowest BCUT2D eigenvalue weighted by atomic mass is 10.1. The molecule has 100 valence electrons. The van der Waals surface area contributed by atoms with Gasteiger partial charge >= 0.3 is 0 Å². The topological polar surface area (TPSA) is 35.0 Å². The second kappa shape index (κ2) is 6.43. The van der Waals surface area contributed by atoms with Crippen molar-refractivity contribution in [1.82, 2.24) is 9.97 Å². The van der Waals surface area contributed by atoms with Crippen molar-refractivity contribution in [2.75, 3.05) is 7.11 Å². The number of hydrogen-bond donors (Lipinski definition) is 0. The van der Waals surface area contributed by atoms with Gasteiger partial charge in [0.05, 0.1) is 6.10 Å². The Hall–Kier alpha value is -1.74. The summed E-state index contributed by atoms with van der Waals surface area (Å²) in [7, 11) is 1.72. The van der Waals surface area contributed by atoms with Crippen LogP contribution in [0.3, 0.4) is 0 Å². The molecule has 0 fully saturated rings. The first-order valence-corrected chi connectivity index (χ1v) is 6.68. The van der Waals surface area contributed by atoms with Crippen LogP contribution in [0.1, 0.15) is 37.5 Å². The van der Waals surface area contributed by atoms with Gasteiger partial charge in [0.1, 0.15) is 0 Å². The maximum Gasteiger partial charge on any atom is 0.159 e. The van der Waals surface area contributed by atoms with Gasteiger partial charge in [0.25, 0.3) is 0 Å². The Morgan fingerprint density at radius 2 is 1.95 bits per heavy atom. The van der Waals surface area contributed by atoms with E-state index >= 15 is 0 Å². The van der Waals surface area contributed by atoms with E-state index in [1.165, 1.54) is 5.56 Å². The molecule has 0 aliphatic rings. The molecule has 0 aliphatic carbocycles. The maximum absolute atomic E-state index is 5.34. The van der Waals surface area contributed by atoms with E-state index in [0.717, 1.165) is 29.8 Å². The van der Waals surface area contributed by atoms with Crippen molar-refractivity contribution in [2.24, 2.45) is 0 Å². The molecule has 0 aliphatic heterocycles. The van der Waals surface area contributed by atoms with Crippen LogP contribution in [0, 0.1) is 0 Å². The Balaban J connectivity index is 2.26. The Morgan fingerprint density at radius 1 is 1.21 bits per heavy atom. The first-order chi connectivity index (χ1) is 9.24. The largest absolute Gasteiger partial charge is 0.377 e. The minimum absolute atomic E-state index is 0.0827. The Labute approximate surface area is 114 Å². The third kappa shape index (κ3) is 3.38. The van der Waals surface area contributed by atoms with Gasteiger partial charge in [-0.1, -0.05) is 31.5 Å². The molecule has 0 saturated heterocycles. The number of ether oxygens (including phenoxy) is 1. The van der Waals surface area contributed by atoms with Crippen LogP contribution in [-0.2, 0) is 11.2 Å². The van der Waals surface area contributed by atoms with Gasteiger partial charge in [-0.25, -0.2) is 9.97 Å². The Morgan fingerprint density at radius 3 is 2.58 bits per heavy atom. The number of benzene rings is 1. The van der Waals surface area contributed by atoms with Gasteiger partial charge in [-0.15, -0.1) is 0 Å². The van der Waals surface area contributed by atoms with E-state index in [2.05, 4.69) is 29.0 Å². The van der Waals surface area contributed by atoms with Crippen LogP contribution in [0.25, 0.3) is 11.4 Å². The first-order valence-electron chi connectivity index (χ1n) is 6.68.